The number of rotatable bonds is 10. The Hall–Kier alpha value is -2.91. The Morgan fingerprint density at radius 3 is 2.16 bits per heavy atom. The van der Waals surface area contributed by atoms with Gasteiger partial charge < -0.3 is 9.64 Å². The Labute approximate surface area is 182 Å². The van der Waals surface area contributed by atoms with Gasteiger partial charge in [-0.2, -0.15) is 0 Å². The molecule has 9 heteroatoms. The van der Waals surface area contributed by atoms with Gasteiger partial charge in [0.15, 0.2) is 0 Å². The summed E-state index contributed by atoms with van der Waals surface area (Å²) in [6, 6.07) is 13.5. The Balaban J connectivity index is 1.54. The van der Waals surface area contributed by atoms with Crippen molar-refractivity contribution in [3.05, 3.63) is 48.5 Å². The summed E-state index contributed by atoms with van der Waals surface area (Å²) >= 11 is 0. The number of benzene rings is 2. The molecule has 1 fully saturated rings. The molecule has 0 atom stereocenters. The van der Waals surface area contributed by atoms with Gasteiger partial charge >= 0.3 is 0 Å². The van der Waals surface area contributed by atoms with Crippen molar-refractivity contribution in [1.82, 2.24) is 4.72 Å². The van der Waals surface area contributed by atoms with Gasteiger partial charge in [-0.15, -0.1) is 0 Å². The van der Waals surface area contributed by atoms with Gasteiger partial charge in [0, 0.05) is 38.2 Å². The van der Waals surface area contributed by atoms with Crippen LogP contribution in [0.3, 0.4) is 0 Å². The molecule has 0 aliphatic carbocycles. The monoisotopic (exact) mass is 445 g/mol. The second-order valence-electron chi connectivity index (χ2n) is 7.15. The Morgan fingerprint density at radius 1 is 1.00 bits per heavy atom. The summed E-state index contributed by atoms with van der Waals surface area (Å²) in [6.45, 7) is 3.84. The fourth-order valence-electron chi connectivity index (χ4n) is 3.46. The lowest BCUT2D eigenvalue weighted by molar-refractivity contribution is -0.121. The van der Waals surface area contributed by atoms with Gasteiger partial charge in [-0.05, 0) is 61.9 Å². The van der Waals surface area contributed by atoms with E-state index in [0.29, 0.717) is 25.2 Å². The molecule has 0 radical (unpaired) electrons. The molecule has 0 aromatic heterocycles. The second kappa shape index (κ2) is 9.93. The van der Waals surface area contributed by atoms with Gasteiger partial charge in [-0.25, -0.2) is 13.1 Å². The smallest absolute Gasteiger partial charge is 0.240 e. The highest BCUT2D eigenvalue weighted by Gasteiger charge is 2.30. The molecule has 166 valence electrons. The van der Waals surface area contributed by atoms with Gasteiger partial charge in [0.1, 0.15) is 5.75 Å². The van der Waals surface area contributed by atoms with E-state index < -0.39 is 10.0 Å². The third-order valence-corrected chi connectivity index (χ3v) is 6.65. The average Bonchev–Trinajstić information content (AvgIpc) is 3.12. The Morgan fingerprint density at radius 2 is 1.61 bits per heavy atom. The van der Waals surface area contributed by atoms with Crippen LogP contribution in [0.15, 0.2) is 53.4 Å². The van der Waals surface area contributed by atoms with Crippen molar-refractivity contribution in [2.75, 3.05) is 36.5 Å². The number of carbonyl (C=O) groups excluding carboxylic acids is 2. The van der Waals surface area contributed by atoms with Crippen molar-refractivity contribution < 1.29 is 22.7 Å². The predicted octanol–water partition coefficient (Wildman–Crippen LogP) is 2.54. The van der Waals surface area contributed by atoms with E-state index in [0.717, 1.165) is 22.9 Å². The van der Waals surface area contributed by atoms with Crippen LogP contribution in [0.5, 0.6) is 5.75 Å². The Kier molecular flexibility index (Phi) is 7.29. The lowest BCUT2D eigenvalue weighted by atomic mass is 10.2. The minimum absolute atomic E-state index is 0.0952. The highest BCUT2D eigenvalue weighted by atomic mass is 32.2. The summed E-state index contributed by atoms with van der Waals surface area (Å²) in [5.41, 5.74) is 1.44. The first-order valence-electron chi connectivity index (χ1n) is 10.2. The maximum Gasteiger partial charge on any atom is 0.240 e. The summed E-state index contributed by atoms with van der Waals surface area (Å²) in [5.74, 6) is 0.254. The molecule has 1 saturated heterocycles. The number of amides is 2. The highest BCUT2D eigenvalue weighted by molar-refractivity contribution is 7.89. The molecule has 0 bridgehead atoms. The summed E-state index contributed by atoms with van der Waals surface area (Å²) < 4.78 is 32.9. The first kappa shape index (κ1) is 22.8. The minimum Gasteiger partial charge on any atom is -0.497 e. The molecule has 1 aliphatic heterocycles. The number of methoxy groups -OCH3 is 1. The summed E-state index contributed by atoms with van der Waals surface area (Å²) in [7, 11) is -2.06. The minimum atomic E-state index is -3.68. The quantitative estimate of drug-likeness (QED) is 0.446. The topological polar surface area (TPSA) is 96.0 Å². The van der Waals surface area contributed by atoms with E-state index in [4.69, 9.17) is 4.74 Å². The van der Waals surface area contributed by atoms with Crippen LogP contribution in [-0.2, 0) is 19.6 Å². The molecule has 1 aliphatic rings. The number of anilines is 2. The number of hydrogen-bond donors (Lipinski definition) is 1. The summed E-state index contributed by atoms with van der Waals surface area (Å²) in [4.78, 5) is 27.0. The van der Waals surface area contributed by atoms with Gasteiger partial charge in [0.2, 0.25) is 21.8 Å². The van der Waals surface area contributed by atoms with Gasteiger partial charge in [-0.1, -0.05) is 0 Å². The van der Waals surface area contributed by atoms with Crippen molar-refractivity contribution in [2.24, 2.45) is 0 Å². The van der Waals surface area contributed by atoms with E-state index >= 15 is 0 Å². The zero-order valence-electron chi connectivity index (χ0n) is 17.7. The molecule has 0 saturated carbocycles. The molecule has 2 aromatic carbocycles. The normalized spacial score (nSPS) is 14.2. The van der Waals surface area contributed by atoms with E-state index in [-0.39, 0.29) is 29.6 Å². The molecule has 2 amide bonds. The number of imide groups is 1. The molecule has 3 rings (SSSR count). The van der Waals surface area contributed by atoms with Gasteiger partial charge in [0.05, 0.1) is 17.7 Å². The summed E-state index contributed by atoms with van der Waals surface area (Å²) in [5, 5.41) is 0. The standard InChI is InChI=1S/C22H27N3O5S/c1-3-24(17-5-9-19(30-2)10-6-17)16-4-15-23-31(28,29)20-11-7-18(8-12-20)25-21(26)13-14-22(25)27/h5-12,23H,3-4,13-16H2,1-2H3. The third kappa shape index (κ3) is 5.42. The SMILES string of the molecule is CCN(CCCNS(=O)(=O)c1ccc(N2C(=O)CCC2=O)cc1)c1ccc(OC)cc1. The van der Waals surface area contributed by atoms with E-state index in [1.165, 1.54) is 24.3 Å². The van der Waals surface area contributed by atoms with Crippen molar-refractivity contribution >= 4 is 33.2 Å². The zero-order valence-corrected chi connectivity index (χ0v) is 18.5. The second-order valence-corrected chi connectivity index (χ2v) is 8.91. The molecule has 31 heavy (non-hydrogen) atoms. The van der Waals surface area contributed by atoms with Crippen molar-refractivity contribution in [3.63, 3.8) is 0 Å². The third-order valence-electron chi connectivity index (χ3n) is 5.17. The fraction of sp³-hybridized carbons (Fsp3) is 0.364. The molecular weight excluding hydrogens is 418 g/mol. The fourth-order valence-corrected chi connectivity index (χ4v) is 4.54. The molecule has 2 aromatic rings. The van der Waals surface area contributed by atoms with E-state index in [1.807, 2.05) is 31.2 Å². The van der Waals surface area contributed by atoms with Crippen LogP contribution < -0.4 is 19.3 Å². The molecule has 0 unspecified atom stereocenters. The van der Waals surface area contributed by atoms with Crippen LogP contribution in [-0.4, -0.2) is 47.0 Å². The number of sulfonamides is 1. The van der Waals surface area contributed by atoms with Crippen LogP contribution in [0.4, 0.5) is 11.4 Å². The van der Waals surface area contributed by atoms with Crippen molar-refractivity contribution in [1.29, 1.82) is 0 Å². The highest BCUT2D eigenvalue weighted by Crippen LogP contribution is 2.24. The van der Waals surface area contributed by atoms with Crippen LogP contribution in [0, 0.1) is 0 Å². The molecule has 1 heterocycles. The number of hydrogen-bond acceptors (Lipinski definition) is 6. The van der Waals surface area contributed by atoms with E-state index in [9.17, 15) is 18.0 Å². The van der Waals surface area contributed by atoms with Gasteiger partial charge in [-0.3, -0.25) is 14.5 Å². The van der Waals surface area contributed by atoms with Crippen molar-refractivity contribution in [2.45, 2.75) is 31.1 Å². The lowest BCUT2D eigenvalue weighted by Gasteiger charge is -2.23. The molecular formula is C22H27N3O5S. The zero-order chi connectivity index (χ0) is 22.4. The first-order chi connectivity index (χ1) is 14.9. The van der Waals surface area contributed by atoms with Crippen LogP contribution in [0.1, 0.15) is 26.2 Å². The maximum atomic E-state index is 12.6. The van der Waals surface area contributed by atoms with Crippen LogP contribution in [0.2, 0.25) is 0 Å². The number of nitrogens with zero attached hydrogens (tertiary/aromatic N) is 2. The van der Waals surface area contributed by atoms with Crippen LogP contribution >= 0.6 is 0 Å². The summed E-state index contributed by atoms with van der Waals surface area (Å²) in [6.07, 6.45) is 1.01. The van der Waals surface area contributed by atoms with Crippen LogP contribution in [0.25, 0.3) is 0 Å². The molecule has 1 N–H and O–H groups in total. The van der Waals surface area contributed by atoms with Gasteiger partial charge in [0.25, 0.3) is 0 Å². The number of ether oxygens (including phenoxy) is 1. The number of carbonyl (C=O) groups is 2. The molecule has 0 spiro atoms. The van der Waals surface area contributed by atoms with Crippen molar-refractivity contribution in [3.8, 4) is 5.75 Å². The number of nitrogens with one attached hydrogen (secondary N) is 1. The first-order valence-corrected chi connectivity index (χ1v) is 11.7. The maximum absolute atomic E-state index is 12.6. The van der Waals surface area contributed by atoms with E-state index in [1.54, 1.807) is 7.11 Å². The largest absolute Gasteiger partial charge is 0.497 e. The molecule has 8 nitrogen and oxygen atoms in total. The average molecular weight is 446 g/mol. The van der Waals surface area contributed by atoms with E-state index in [2.05, 4.69) is 9.62 Å². The predicted molar refractivity (Wildman–Crippen MR) is 119 cm³/mol. The Bertz CT molecular complexity index is 1000. The lowest BCUT2D eigenvalue weighted by Crippen LogP contribution is -2.30.